The number of anilines is 1. The molecule has 0 fully saturated rings. The van der Waals surface area contributed by atoms with Crippen molar-refractivity contribution in [1.82, 2.24) is 9.88 Å². The van der Waals surface area contributed by atoms with Crippen molar-refractivity contribution in [2.45, 2.75) is 64.1 Å². The van der Waals surface area contributed by atoms with Crippen LogP contribution in [0, 0.1) is 11.7 Å². The van der Waals surface area contributed by atoms with Crippen molar-refractivity contribution in [3.63, 3.8) is 0 Å². The second-order valence-electron chi connectivity index (χ2n) is 9.64. The van der Waals surface area contributed by atoms with E-state index >= 15 is 0 Å². The molecule has 192 valence electrons. The van der Waals surface area contributed by atoms with E-state index in [1.165, 1.54) is 23.5 Å². The second kappa shape index (κ2) is 10.8. The zero-order valence-electron chi connectivity index (χ0n) is 21.0. The first-order valence-electron chi connectivity index (χ1n) is 12.2. The Balaban J connectivity index is 1.41. The van der Waals surface area contributed by atoms with Gasteiger partial charge in [0.15, 0.2) is 15.0 Å². The van der Waals surface area contributed by atoms with Crippen LogP contribution in [0.25, 0.3) is 0 Å². The van der Waals surface area contributed by atoms with Crippen LogP contribution in [0.3, 0.4) is 0 Å². The predicted octanol–water partition coefficient (Wildman–Crippen LogP) is 5.40. The molecule has 1 aromatic heterocycles. The maximum absolute atomic E-state index is 13.3. The van der Waals surface area contributed by atoms with Gasteiger partial charge < -0.3 is 5.32 Å². The molecule has 0 spiro atoms. The Morgan fingerprint density at radius 3 is 2.36 bits per heavy atom. The number of aromatic nitrogens is 1. The lowest BCUT2D eigenvalue weighted by molar-refractivity contribution is -0.115. The summed E-state index contributed by atoms with van der Waals surface area (Å²) in [6.45, 7) is 8.92. The maximum atomic E-state index is 13.3. The molecule has 4 rings (SSSR count). The summed E-state index contributed by atoms with van der Waals surface area (Å²) in [4.78, 5) is 21.3. The zero-order chi connectivity index (χ0) is 26.0. The minimum absolute atomic E-state index is 0.0430. The smallest absolute Gasteiger partial charge is 0.230 e. The summed E-state index contributed by atoms with van der Waals surface area (Å²) in [6, 6.07) is 13.5. The van der Waals surface area contributed by atoms with Crippen LogP contribution in [0.15, 0.2) is 53.4 Å². The summed E-state index contributed by atoms with van der Waals surface area (Å²) in [6.07, 6.45) is 0.964. The van der Waals surface area contributed by atoms with Crippen LogP contribution < -0.4 is 5.32 Å². The Morgan fingerprint density at radius 2 is 1.75 bits per heavy atom. The van der Waals surface area contributed by atoms with Gasteiger partial charge in [0, 0.05) is 17.5 Å². The van der Waals surface area contributed by atoms with Crippen LogP contribution in [0.2, 0.25) is 0 Å². The van der Waals surface area contributed by atoms with Crippen molar-refractivity contribution in [2.24, 2.45) is 5.92 Å². The number of amides is 1. The van der Waals surface area contributed by atoms with Crippen molar-refractivity contribution in [3.8, 4) is 0 Å². The SMILES string of the molecule is CCS(=O)(=O)c1ccc(CC(=O)Nc2nc3c(s2)CN([C@H](C)Cc2ccc(F)cc2)[C@@H]3C(C)C)cc1. The highest BCUT2D eigenvalue weighted by molar-refractivity contribution is 7.91. The topological polar surface area (TPSA) is 79.4 Å². The predicted molar refractivity (Wildman–Crippen MR) is 141 cm³/mol. The number of carbonyl (C=O) groups is 1. The number of hydrogen-bond acceptors (Lipinski definition) is 6. The molecule has 1 amide bonds. The summed E-state index contributed by atoms with van der Waals surface area (Å²) in [5, 5.41) is 3.51. The Hall–Kier alpha value is -2.62. The molecular formula is C27H32FN3O3S2. The van der Waals surface area contributed by atoms with E-state index in [-0.39, 0.29) is 40.9 Å². The Kier molecular flexibility index (Phi) is 7.92. The van der Waals surface area contributed by atoms with Crippen molar-refractivity contribution in [2.75, 3.05) is 11.1 Å². The third-order valence-corrected chi connectivity index (χ3v) is 9.33. The third kappa shape index (κ3) is 5.85. The van der Waals surface area contributed by atoms with Gasteiger partial charge in [0.25, 0.3) is 0 Å². The number of nitrogens with one attached hydrogen (secondary N) is 1. The van der Waals surface area contributed by atoms with E-state index in [1.807, 2.05) is 12.1 Å². The van der Waals surface area contributed by atoms with E-state index in [1.54, 1.807) is 31.2 Å². The molecule has 0 bridgehead atoms. The lowest BCUT2D eigenvalue weighted by Crippen LogP contribution is -2.35. The molecule has 0 saturated heterocycles. The highest BCUT2D eigenvalue weighted by atomic mass is 32.2. The first-order chi connectivity index (χ1) is 17.1. The monoisotopic (exact) mass is 529 g/mol. The van der Waals surface area contributed by atoms with E-state index in [0.717, 1.165) is 34.7 Å². The molecule has 2 atom stereocenters. The quantitative estimate of drug-likeness (QED) is 0.402. The molecule has 2 aromatic carbocycles. The molecule has 1 aliphatic heterocycles. The summed E-state index contributed by atoms with van der Waals surface area (Å²) < 4.78 is 37.3. The van der Waals surface area contributed by atoms with Gasteiger partial charge in [0.2, 0.25) is 5.91 Å². The van der Waals surface area contributed by atoms with Gasteiger partial charge in [-0.25, -0.2) is 17.8 Å². The molecule has 2 heterocycles. The van der Waals surface area contributed by atoms with Crippen LogP contribution in [0.1, 0.15) is 55.4 Å². The average Bonchev–Trinajstić information content (AvgIpc) is 3.38. The van der Waals surface area contributed by atoms with Crippen LogP contribution in [0.5, 0.6) is 0 Å². The summed E-state index contributed by atoms with van der Waals surface area (Å²) in [5.74, 6) is -0.0295. The standard InChI is InChI=1S/C27H32FN3O3S2/c1-5-36(33,34)22-12-8-20(9-13-22)15-24(32)29-27-30-25-23(35-27)16-31(26(25)17(2)3)18(4)14-19-6-10-21(28)11-7-19/h6-13,17-18,26H,5,14-16H2,1-4H3,(H,29,30,32)/t18-,26-/m1/s1. The third-order valence-electron chi connectivity index (χ3n) is 6.61. The fourth-order valence-corrected chi connectivity index (χ4v) is 6.63. The van der Waals surface area contributed by atoms with E-state index in [9.17, 15) is 17.6 Å². The van der Waals surface area contributed by atoms with Crippen molar-refractivity contribution in [1.29, 1.82) is 0 Å². The number of thiazole rings is 1. The molecule has 36 heavy (non-hydrogen) atoms. The largest absolute Gasteiger partial charge is 0.302 e. The number of hydrogen-bond donors (Lipinski definition) is 1. The van der Waals surface area contributed by atoms with E-state index in [2.05, 4.69) is 31.0 Å². The molecule has 0 unspecified atom stereocenters. The van der Waals surface area contributed by atoms with Crippen molar-refractivity contribution >= 4 is 32.2 Å². The number of fused-ring (bicyclic) bond motifs is 1. The first kappa shape index (κ1) is 26.4. The first-order valence-corrected chi connectivity index (χ1v) is 14.7. The van der Waals surface area contributed by atoms with Crippen LogP contribution in [-0.2, 0) is 34.0 Å². The van der Waals surface area contributed by atoms with E-state index in [0.29, 0.717) is 11.0 Å². The molecule has 3 aromatic rings. The van der Waals surface area contributed by atoms with Gasteiger partial charge >= 0.3 is 0 Å². The minimum Gasteiger partial charge on any atom is -0.302 e. The molecular weight excluding hydrogens is 497 g/mol. The van der Waals surface area contributed by atoms with Gasteiger partial charge in [-0.1, -0.05) is 45.0 Å². The second-order valence-corrected chi connectivity index (χ2v) is 13.0. The fourth-order valence-electron chi connectivity index (χ4n) is 4.72. The number of rotatable bonds is 9. The van der Waals surface area contributed by atoms with Crippen LogP contribution >= 0.6 is 11.3 Å². The highest BCUT2D eigenvalue weighted by Crippen LogP contribution is 2.43. The Bertz CT molecular complexity index is 1320. The summed E-state index contributed by atoms with van der Waals surface area (Å²) in [7, 11) is -3.26. The molecule has 0 radical (unpaired) electrons. The number of nitrogens with zero attached hydrogens (tertiary/aromatic N) is 2. The normalized spacial score (nSPS) is 16.8. The van der Waals surface area contributed by atoms with Crippen LogP contribution in [0.4, 0.5) is 9.52 Å². The highest BCUT2D eigenvalue weighted by Gasteiger charge is 2.38. The van der Waals surface area contributed by atoms with Gasteiger partial charge in [0.1, 0.15) is 5.82 Å². The van der Waals surface area contributed by atoms with E-state index in [4.69, 9.17) is 4.98 Å². The number of sulfone groups is 1. The number of halogens is 1. The number of benzene rings is 2. The van der Waals surface area contributed by atoms with Gasteiger partial charge in [-0.05, 0) is 54.7 Å². The lowest BCUT2D eigenvalue weighted by Gasteiger charge is -2.33. The summed E-state index contributed by atoms with van der Waals surface area (Å²) >= 11 is 1.51. The fraction of sp³-hybridized carbons (Fsp3) is 0.407. The molecule has 6 nitrogen and oxygen atoms in total. The van der Waals surface area contributed by atoms with Gasteiger partial charge in [-0.15, -0.1) is 11.3 Å². The van der Waals surface area contributed by atoms with Crippen molar-refractivity contribution < 1.29 is 17.6 Å². The Morgan fingerprint density at radius 1 is 1.11 bits per heavy atom. The zero-order valence-corrected chi connectivity index (χ0v) is 22.6. The molecule has 9 heteroatoms. The van der Waals surface area contributed by atoms with Gasteiger partial charge in [-0.3, -0.25) is 9.69 Å². The lowest BCUT2D eigenvalue weighted by atomic mass is 9.98. The number of carbonyl (C=O) groups excluding carboxylic acids is 1. The average molecular weight is 530 g/mol. The maximum Gasteiger partial charge on any atom is 0.230 e. The van der Waals surface area contributed by atoms with Gasteiger partial charge in [-0.2, -0.15) is 0 Å². The molecule has 1 aliphatic rings. The molecule has 0 aliphatic carbocycles. The Labute approximate surface area is 216 Å². The van der Waals surface area contributed by atoms with Gasteiger partial charge in [0.05, 0.1) is 28.8 Å². The van der Waals surface area contributed by atoms with Crippen LogP contribution in [-0.4, -0.2) is 36.0 Å². The summed E-state index contributed by atoms with van der Waals surface area (Å²) in [5.41, 5.74) is 2.86. The van der Waals surface area contributed by atoms with E-state index < -0.39 is 9.84 Å². The molecule has 1 N–H and O–H groups in total. The molecule has 0 saturated carbocycles. The van der Waals surface area contributed by atoms with Crippen molar-refractivity contribution in [3.05, 3.63) is 76.0 Å². The minimum atomic E-state index is -3.26.